The number of methoxy groups -OCH3 is 1. The standard InChI is InChI=1S/C13H19NO5S/c1-5-9(2)14(3)20(17,18)10-6-7-12(15)11(8-10)13(16)19-4/h6-9,15H,5H2,1-4H3. The minimum atomic E-state index is -3.72. The Hall–Kier alpha value is -1.60. The van der Waals surface area contributed by atoms with Crippen LogP contribution in [0.4, 0.5) is 0 Å². The molecule has 20 heavy (non-hydrogen) atoms. The first kappa shape index (κ1) is 16.5. The summed E-state index contributed by atoms with van der Waals surface area (Å²) in [5, 5.41) is 9.59. The second-order valence-corrected chi connectivity index (χ2v) is 6.45. The normalized spacial score (nSPS) is 13.2. The van der Waals surface area contributed by atoms with Crippen LogP contribution in [-0.4, -0.2) is 44.0 Å². The number of sulfonamides is 1. The Bertz CT molecular complexity index is 597. The van der Waals surface area contributed by atoms with E-state index in [9.17, 15) is 18.3 Å². The maximum absolute atomic E-state index is 12.4. The van der Waals surface area contributed by atoms with Crippen LogP contribution in [0.5, 0.6) is 5.75 Å². The maximum atomic E-state index is 12.4. The van der Waals surface area contributed by atoms with Crippen LogP contribution in [-0.2, 0) is 14.8 Å². The molecule has 0 aliphatic carbocycles. The summed E-state index contributed by atoms with van der Waals surface area (Å²) in [5.41, 5.74) is -0.175. The minimum absolute atomic E-state index is 0.0569. The highest BCUT2D eigenvalue weighted by atomic mass is 32.2. The third-order valence-electron chi connectivity index (χ3n) is 3.26. The SMILES string of the molecule is CCC(C)N(C)S(=O)(=O)c1ccc(O)c(C(=O)OC)c1. The van der Waals surface area contributed by atoms with Crippen LogP contribution < -0.4 is 0 Å². The molecule has 0 aliphatic heterocycles. The zero-order valence-corrected chi connectivity index (χ0v) is 12.8. The third-order valence-corrected chi connectivity index (χ3v) is 5.23. The Morgan fingerprint density at radius 3 is 2.55 bits per heavy atom. The summed E-state index contributed by atoms with van der Waals surface area (Å²) in [6.45, 7) is 3.67. The topological polar surface area (TPSA) is 83.9 Å². The molecule has 0 aliphatic rings. The van der Waals surface area contributed by atoms with Gasteiger partial charge in [-0.3, -0.25) is 0 Å². The first-order chi connectivity index (χ1) is 9.25. The van der Waals surface area contributed by atoms with Crippen molar-refractivity contribution < 1.29 is 23.1 Å². The molecule has 1 atom stereocenters. The molecule has 1 aromatic carbocycles. The highest BCUT2D eigenvalue weighted by molar-refractivity contribution is 7.89. The molecule has 0 fully saturated rings. The van der Waals surface area contributed by atoms with Gasteiger partial charge in [-0.2, -0.15) is 4.31 Å². The average Bonchev–Trinajstić information content (AvgIpc) is 2.44. The van der Waals surface area contributed by atoms with Crippen molar-refractivity contribution in [2.75, 3.05) is 14.2 Å². The minimum Gasteiger partial charge on any atom is -0.507 e. The Morgan fingerprint density at radius 1 is 1.45 bits per heavy atom. The molecule has 0 bridgehead atoms. The highest BCUT2D eigenvalue weighted by Crippen LogP contribution is 2.25. The molecule has 0 radical (unpaired) electrons. The largest absolute Gasteiger partial charge is 0.507 e. The van der Waals surface area contributed by atoms with Crippen molar-refractivity contribution >= 4 is 16.0 Å². The zero-order chi connectivity index (χ0) is 15.5. The molecule has 0 saturated heterocycles. The van der Waals surface area contributed by atoms with Crippen molar-refractivity contribution in [2.45, 2.75) is 31.2 Å². The molecule has 0 amide bonds. The van der Waals surface area contributed by atoms with E-state index in [1.165, 1.54) is 23.5 Å². The number of aromatic hydroxyl groups is 1. The van der Waals surface area contributed by atoms with Gasteiger partial charge in [0, 0.05) is 13.1 Å². The fraction of sp³-hybridized carbons (Fsp3) is 0.462. The van der Waals surface area contributed by atoms with Crippen molar-refractivity contribution in [1.29, 1.82) is 0 Å². The highest BCUT2D eigenvalue weighted by Gasteiger charge is 2.26. The molecule has 0 saturated carbocycles. The predicted molar refractivity (Wildman–Crippen MR) is 74.1 cm³/mol. The van der Waals surface area contributed by atoms with E-state index >= 15 is 0 Å². The number of hydrogen-bond donors (Lipinski definition) is 1. The number of carbonyl (C=O) groups is 1. The molecule has 1 aromatic rings. The Morgan fingerprint density at radius 2 is 2.05 bits per heavy atom. The molecule has 0 heterocycles. The van der Waals surface area contributed by atoms with Crippen LogP contribution in [0.1, 0.15) is 30.6 Å². The summed E-state index contributed by atoms with van der Waals surface area (Å²) in [6, 6.07) is 3.38. The summed E-state index contributed by atoms with van der Waals surface area (Å²) in [7, 11) is -1.08. The van der Waals surface area contributed by atoms with Crippen LogP contribution in [0, 0.1) is 0 Å². The van der Waals surface area contributed by atoms with Gasteiger partial charge in [0.05, 0.1) is 12.0 Å². The van der Waals surface area contributed by atoms with E-state index in [1.54, 1.807) is 6.92 Å². The lowest BCUT2D eigenvalue weighted by molar-refractivity contribution is 0.0597. The molecular formula is C13H19NO5S. The lowest BCUT2D eigenvalue weighted by atomic mass is 10.2. The predicted octanol–water partition coefficient (Wildman–Crippen LogP) is 1.60. The molecule has 6 nitrogen and oxygen atoms in total. The number of nitrogens with zero attached hydrogens (tertiary/aromatic N) is 1. The number of hydrogen-bond acceptors (Lipinski definition) is 5. The number of rotatable bonds is 5. The smallest absolute Gasteiger partial charge is 0.341 e. The van der Waals surface area contributed by atoms with Gasteiger partial charge in [-0.25, -0.2) is 13.2 Å². The van der Waals surface area contributed by atoms with Crippen molar-refractivity contribution in [3.05, 3.63) is 23.8 Å². The molecule has 1 unspecified atom stereocenters. The van der Waals surface area contributed by atoms with Crippen molar-refractivity contribution in [3.8, 4) is 5.75 Å². The molecule has 0 aromatic heterocycles. The van der Waals surface area contributed by atoms with Crippen LogP contribution in [0.15, 0.2) is 23.1 Å². The Labute approximate surface area is 119 Å². The van der Waals surface area contributed by atoms with Gasteiger partial charge < -0.3 is 9.84 Å². The van der Waals surface area contributed by atoms with E-state index in [0.29, 0.717) is 6.42 Å². The van der Waals surface area contributed by atoms with E-state index in [-0.39, 0.29) is 22.3 Å². The quantitative estimate of drug-likeness (QED) is 0.835. The first-order valence-corrected chi connectivity index (χ1v) is 7.59. The molecular weight excluding hydrogens is 282 g/mol. The van der Waals surface area contributed by atoms with Crippen molar-refractivity contribution in [2.24, 2.45) is 0 Å². The third kappa shape index (κ3) is 3.10. The summed E-state index contributed by atoms with van der Waals surface area (Å²) in [4.78, 5) is 11.4. The first-order valence-electron chi connectivity index (χ1n) is 6.15. The number of benzene rings is 1. The van der Waals surface area contributed by atoms with E-state index < -0.39 is 16.0 Å². The van der Waals surface area contributed by atoms with Crippen LogP contribution in [0.25, 0.3) is 0 Å². The summed E-state index contributed by atoms with van der Waals surface area (Å²) in [6.07, 6.45) is 0.664. The van der Waals surface area contributed by atoms with Gasteiger partial charge in [0.2, 0.25) is 10.0 Å². The Kier molecular flexibility index (Phi) is 5.13. The number of phenolic OH excluding ortho intramolecular Hbond substituents is 1. The van der Waals surface area contributed by atoms with Crippen molar-refractivity contribution in [3.63, 3.8) is 0 Å². The van der Waals surface area contributed by atoms with Crippen LogP contribution >= 0.6 is 0 Å². The Balaban J connectivity index is 3.30. The van der Waals surface area contributed by atoms with Gasteiger partial charge >= 0.3 is 5.97 Å². The van der Waals surface area contributed by atoms with E-state index in [4.69, 9.17) is 0 Å². The number of carbonyl (C=O) groups excluding carboxylic acids is 1. The van der Waals surface area contributed by atoms with E-state index in [1.807, 2.05) is 6.92 Å². The molecule has 1 N–H and O–H groups in total. The number of ether oxygens (including phenoxy) is 1. The van der Waals surface area contributed by atoms with Gasteiger partial charge in [-0.1, -0.05) is 6.92 Å². The second-order valence-electron chi connectivity index (χ2n) is 4.45. The van der Waals surface area contributed by atoms with Crippen LogP contribution in [0.2, 0.25) is 0 Å². The average molecular weight is 301 g/mol. The molecule has 0 spiro atoms. The zero-order valence-electron chi connectivity index (χ0n) is 12.0. The van der Waals surface area contributed by atoms with Crippen molar-refractivity contribution in [1.82, 2.24) is 4.31 Å². The van der Waals surface area contributed by atoms with Gasteiger partial charge in [0.15, 0.2) is 0 Å². The van der Waals surface area contributed by atoms with Crippen LogP contribution in [0.3, 0.4) is 0 Å². The van der Waals surface area contributed by atoms with Gasteiger partial charge in [-0.15, -0.1) is 0 Å². The molecule has 112 valence electrons. The summed E-state index contributed by atoms with van der Waals surface area (Å²) in [5.74, 6) is -1.10. The van der Waals surface area contributed by atoms with Gasteiger partial charge in [0.1, 0.15) is 11.3 Å². The lowest BCUT2D eigenvalue weighted by Gasteiger charge is -2.23. The summed E-state index contributed by atoms with van der Waals surface area (Å²) < 4.78 is 30.5. The number of esters is 1. The lowest BCUT2D eigenvalue weighted by Crippen LogP contribution is -2.34. The maximum Gasteiger partial charge on any atom is 0.341 e. The second kappa shape index (κ2) is 6.23. The van der Waals surface area contributed by atoms with Gasteiger partial charge in [-0.05, 0) is 31.5 Å². The molecule has 1 rings (SSSR count). The summed E-state index contributed by atoms with van der Waals surface area (Å²) >= 11 is 0. The van der Waals surface area contributed by atoms with E-state index in [0.717, 1.165) is 13.2 Å². The fourth-order valence-corrected chi connectivity index (χ4v) is 3.07. The number of phenols is 1. The van der Waals surface area contributed by atoms with E-state index in [2.05, 4.69) is 4.74 Å². The fourth-order valence-electron chi connectivity index (χ4n) is 1.61. The van der Waals surface area contributed by atoms with Gasteiger partial charge in [0.25, 0.3) is 0 Å². The molecule has 7 heteroatoms. The monoisotopic (exact) mass is 301 g/mol.